The number of rotatable bonds is 4. The first kappa shape index (κ1) is 15.4. The molecular formula is C15H27N5S. The first-order valence-corrected chi connectivity index (χ1v) is 8.73. The van der Waals surface area contributed by atoms with Crippen molar-refractivity contribution in [1.82, 2.24) is 20.2 Å². The van der Waals surface area contributed by atoms with Crippen LogP contribution in [0, 0.1) is 0 Å². The molecule has 3 saturated heterocycles. The van der Waals surface area contributed by atoms with Crippen LogP contribution in [-0.4, -0.2) is 59.6 Å². The number of hydrogen-bond acceptors (Lipinski definition) is 6. The number of piperazine rings is 3. The SMILES string of the molecule is CC(C)(C)c1csc(CC(NN)C2CN3CCN2CC3)n1. The molecule has 0 saturated carbocycles. The standard InChI is InChI=1S/C15H27N5S/c1-15(2,3)13-10-21-14(17-13)8-11(18-16)12-9-19-4-6-20(12)7-5-19/h10-12,18H,4-9,16H2,1-3H3. The summed E-state index contributed by atoms with van der Waals surface area (Å²) < 4.78 is 0. The fraction of sp³-hybridized carbons (Fsp3) is 0.800. The van der Waals surface area contributed by atoms with Crippen molar-refractivity contribution in [2.75, 3.05) is 32.7 Å². The summed E-state index contributed by atoms with van der Waals surface area (Å²) in [5.74, 6) is 5.86. The predicted molar refractivity (Wildman–Crippen MR) is 87.4 cm³/mol. The second kappa shape index (κ2) is 5.93. The van der Waals surface area contributed by atoms with Crippen LogP contribution < -0.4 is 11.3 Å². The summed E-state index contributed by atoms with van der Waals surface area (Å²) in [4.78, 5) is 9.96. The smallest absolute Gasteiger partial charge is 0.0945 e. The van der Waals surface area contributed by atoms with Gasteiger partial charge in [-0.1, -0.05) is 20.8 Å². The molecule has 3 fully saturated rings. The lowest BCUT2D eigenvalue weighted by Gasteiger charge is -2.49. The van der Waals surface area contributed by atoms with Crippen molar-refractivity contribution in [1.29, 1.82) is 0 Å². The van der Waals surface area contributed by atoms with Gasteiger partial charge in [-0.2, -0.15) is 0 Å². The van der Waals surface area contributed by atoms with E-state index in [0.29, 0.717) is 6.04 Å². The van der Waals surface area contributed by atoms with E-state index >= 15 is 0 Å². The molecule has 118 valence electrons. The highest BCUT2D eigenvalue weighted by Crippen LogP contribution is 2.26. The van der Waals surface area contributed by atoms with Gasteiger partial charge in [0, 0.05) is 62.0 Å². The van der Waals surface area contributed by atoms with Gasteiger partial charge in [0.05, 0.1) is 10.7 Å². The molecule has 4 rings (SSSR count). The molecule has 3 N–H and O–H groups in total. The summed E-state index contributed by atoms with van der Waals surface area (Å²) in [6.45, 7) is 12.5. The summed E-state index contributed by atoms with van der Waals surface area (Å²) in [5.41, 5.74) is 4.36. The van der Waals surface area contributed by atoms with E-state index in [0.717, 1.165) is 13.0 Å². The molecule has 0 aliphatic carbocycles. The summed E-state index contributed by atoms with van der Waals surface area (Å²) in [5, 5.41) is 3.39. The molecular weight excluding hydrogens is 282 g/mol. The average molecular weight is 309 g/mol. The zero-order chi connectivity index (χ0) is 15.0. The monoisotopic (exact) mass is 309 g/mol. The molecule has 4 heterocycles. The van der Waals surface area contributed by atoms with E-state index in [1.165, 1.54) is 36.9 Å². The quantitative estimate of drug-likeness (QED) is 0.637. The van der Waals surface area contributed by atoms with Gasteiger partial charge < -0.3 is 0 Å². The van der Waals surface area contributed by atoms with Gasteiger partial charge >= 0.3 is 0 Å². The molecule has 0 aromatic carbocycles. The van der Waals surface area contributed by atoms with Gasteiger partial charge in [0.15, 0.2) is 0 Å². The lowest BCUT2D eigenvalue weighted by molar-refractivity contribution is -0.00316. The van der Waals surface area contributed by atoms with Gasteiger partial charge in [0.2, 0.25) is 0 Å². The molecule has 0 radical (unpaired) electrons. The molecule has 1 aromatic heterocycles. The van der Waals surface area contributed by atoms with Crippen LogP contribution in [0.15, 0.2) is 5.38 Å². The molecule has 5 nitrogen and oxygen atoms in total. The Morgan fingerprint density at radius 3 is 2.57 bits per heavy atom. The minimum atomic E-state index is 0.125. The van der Waals surface area contributed by atoms with Crippen LogP contribution in [-0.2, 0) is 11.8 Å². The molecule has 6 heteroatoms. The van der Waals surface area contributed by atoms with E-state index < -0.39 is 0 Å². The van der Waals surface area contributed by atoms with Crippen molar-refractivity contribution in [3.05, 3.63) is 16.1 Å². The van der Waals surface area contributed by atoms with Crippen LogP contribution in [0.5, 0.6) is 0 Å². The van der Waals surface area contributed by atoms with Crippen LogP contribution >= 0.6 is 11.3 Å². The molecule has 3 aliphatic rings. The lowest BCUT2D eigenvalue weighted by atomic mass is 9.93. The molecule has 0 spiro atoms. The van der Waals surface area contributed by atoms with E-state index in [1.807, 2.05) is 0 Å². The second-order valence-electron chi connectivity index (χ2n) is 7.26. The van der Waals surface area contributed by atoms with Crippen molar-refractivity contribution >= 4 is 11.3 Å². The molecule has 2 atom stereocenters. The number of fused-ring (bicyclic) bond motifs is 3. The number of hydrogen-bond donors (Lipinski definition) is 2. The zero-order valence-corrected chi connectivity index (χ0v) is 14.1. The Labute approximate surface area is 131 Å². The van der Waals surface area contributed by atoms with Crippen LogP contribution in [0.25, 0.3) is 0 Å². The van der Waals surface area contributed by atoms with Crippen LogP contribution in [0.2, 0.25) is 0 Å². The van der Waals surface area contributed by atoms with E-state index in [-0.39, 0.29) is 11.5 Å². The maximum atomic E-state index is 5.86. The normalized spacial score (nSPS) is 30.6. The number of thiazole rings is 1. The Kier molecular flexibility index (Phi) is 4.34. The maximum Gasteiger partial charge on any atom is 0.0945 e. The molecule has 0 amide bonds. The van der Waals surface area contributed by atoms with Gasteiger partial charge in [-0.05, 0) is 0 Å². The highest BCUT2D eigenvalue weighted by Gasteiger charge is 2.36. The van der Waals surface area contributed by atoms with E-state index in [9.17, 15) is 0 Å². The van der Waals surface area contributed by atoms with Crippen molar-refractivity contribution in [2.45, 2.75) is 44.7 Å². The highest BCUT2D eigenvalue weighted by atomic mass is 32.1. The van der Waals surface area contributed by atoms with Crippen molar-refractivity contribution < 1.29 is 0 Å². The number of aromatic nitrogens is 1. The van der Waals surface area contributed by atoms with Gasteiger partial charge in [0.25, 0.3) is 0 Å². The number of hydrazine groups is 1. The fourth-order valence-corrected chi connectivity index (χ4v) is 4.36. The lowest BCUT2D eigenvalue weighted by Crippen LogP contribution is -2.67. The van der Waals surface area contributed by atoms with Gasteiger partial charge in [-0.25, -0.2) is 4.98 Å². The molecule has 2 bridgehead atoms. The van der Waals surface area contributed by atoms with Gasteiger partial charge in [-0.15, -0.1) is 11.3 Å². The molecule has 2 unspecified atom stereocenters. The zero-order valence-electron chi connectivity index (χ0n) is 13.3. The Morgan fingerprint density at radius 1 is 1.38 bits per heavy atom. The third-order valence-corrected chi connectivity index (χ3v) is 5.59. The van der Waals surface area contributed by atoms with E-state index in [2.05, 4.69) is 41.4 Å². The van der Waals surface area contributed by atoms with Gasteiger partial charge in [0.1, 0.15) is 0 Å². The Bertz CT molecular complexity index is 473. The summed E-state index contributed by atoms with van der Waals surface area (Å²) >= 11 is 1.77. The van der Waals surface area contributed by atoms with Crippen molar-refractivity contribution in [3.63, 3.8) is 0 Å². The number of nitrogens with zero attached hydrogens (tertiary/aromatic N) is 3. The first-order chi connectivity index (χ1) is 9.97. The molecule has 21 heavy (non-hydrogen) atoms. The van der Waals surface area contributed by atoms with Crippen LogP contribution in [0.3, 0.4) is 0 Å². The van der Waals surface area contributed by atoms with E-state index in [1.54, 1.807) is 11.3 Å². The minimum Gasteiger partial charge on any atom is -0.299 e. The Hall–Kier alpha value is -0.530. The highest BCUT2D eigenvalue weighted by molar-refractivity contribution is 7.09. The second-order valence-corrected chi connectivity index (χ2v) is 8.20. The maximum absolute atomic E-state index is 5.86. The number of nitrogens with one attached hydrogen (secondary N) is 1. The third kappa shape index (κ3) is 3.29. The summed E-state index contributed by atoms with van der Waals surface area (Å²) in [6.07, 6.45) is 0.923. The summed E-state index contributed by atoms with van der Waals surface area (Å²) in [7, 11) is 0. The number of nitrogens with two attached hydrogens (primary N) is 1. The topological polar surface area (TPSA) is 57.4 Å². The predicted octanol–water partition coefficient (Wildman–Crippen LogP) is 0.815. The Morgan fingerprint density at radius 2 is 2.10 bits per heavy atom. The van der Waals surface area contributed by atoms with Crippen LogP contribution in [0.1, 0.15) is 31.5 Å². The Balaban J connectivity index is 1.68. The summed E-state index contributed by atoms with van der Waals surface area (Å²) in [6, 6.07) is 0.798. The average Bonchev–Trinajstić information content (AvgIpc) is 2.94. The van der Waals surface area contributed by atoms with Gasteiger partial charge in [-0.3, -0.25) is 21.1 Å². The first-order valence-electron chi connectivity index (χ1n) is 7.85. The molecule has 3 aliphatic heterocycles. The largest absolute Gasteiger partial charge is 0.299 e. The minimum absolute atomic E-state index is 0.125. The molecule has 1 aromatic rings. The van der Waals surface area contributed by atoms with Crippen molar-refractivity contribution in [3.8, 4) is 0 Å². The van der Waals surface area contributed by atoms with Crippen LogP contribution in [0.4, 0.5) is 0 Å². The fourth-order valence-electron chi connectivity index (χ4n) is 3.28. The third-order valence-electron chi connectivity index (χ3n) is 4.71. The van der Waals surface area contributed by atoms with Crippen molar-refractivity contribution in [2.24, 2.45) is 5.84 Å². The van der Waals surface area contributed by atoms with E-state index in [4.69, 9.17) is 10.8 Å².